The molecule has 3 aromatic rings. The van der Waals surface area contributed by atoms with E-state index in [0.29, 0.717) is 11.7 Å². The molecule has 0 atom stereocenters. The van der Waals surface area contributed by atoms with Crippen molar-refractivity contribution >= 4 is 28.5 Å². The van der Waals surface area contributed by atoms with Crippen LogP contribution in [0.25, 0.3) is 17.3 Å². The first kappa shape index (κ1) is 20.6. The fraction of sp³-hybridized carbons (Fsp3) is 0.217. The first-order valence-corrected chi connectivity index (χ1v) is 10.4. The number of hydrogen-bond acceptors (Lipinski definition) is 5. The summed E-state index contributed by atoms with van der Waals surface area (Å²) in [6.45, 7) is 2.83. The van der Waals surface area contributed by atoms with E-state index in [2.05, 4.69) is 17.2 Å². The van der Waals surface area contributed by atoms with Crippen molar-refractivity contribution in [3.63, 3.8) is 0 Å². The highest BCUT2D eigenvalue weighted by Gasteiger charge is 2.07. The van der Waals surface area contributed by atoms with Gasteiger partial charge in [0.15, 0.2) is 5.13 Å². The van der Waals surface area contributed by atoms with E-state index in [0.717, 1.165) is 41.2 Å². The number of hydrogen-bond donors (Lipinski definition) is 1. The van der Waals surface area contributed by atoms with Gasteiger partial charge in [-0.1, -0.05) is 25.5 Å². The zero-order chi connectivity index (χ0) is 20.5. The quantitative estimate of drug-likeness (QED) is 0.367. The zero-order valence-electron chi connectivity index (χ0n) is 16.6. The number of methoxy groups -OCH3 is 1. The molecule has 0 spiro atoms. The number of thiazole rings is 1. The van der Waals surface area contributed by atoms with Crippen LogP contribution in [0.15, 0.2) is 60.0 Å². The molecule has 3 rings (SSSR count). The van der Waals surface area contributed by atoms with Crippen LogP contribution < -0.4 is 14.8 Å². The third kappa shape index (κ3) is 6.19. The Morgan fingerprint density at radius 2 is 2.00 bits per heavy atom. The van der Waals surface area contributed by atoms with Gasteiger partial charge >= 0.3 is 0 Å². The van der Waals surface area contributed by atoms with Crippen LogP contribution >= 0.6 is 11.3 Å². The fourth-order valence-corrected chi connectivity index (χ4v) is 3.31. The van der Waals surface area contributed by atoms with E-state index < -0.39 is 0 Å². The number of unbranched alkanes of at least 4 members (excludes halogenated alkanes) is 1. The molecule has 1 aromatic heterocycles. The maximum absolute atomic E-state index is 12.2. The molecule has 0 fully saturated rings. The molecule has 0 saturated carbocycles. The molecule has 0 radical (unpaired) electrons. The minimum absolute atomic E-state index is 0.224. The summed E-state index contributed by atoms with van der Waals surface area (Å²) in [6.07, 6.45) is 5.38. The van der Waals surface area contributed by atoms with Gasteiger partial charge in [-0.15, -0.1) is 11.3 Å². The molecule has 0 bridgehead atoms. The van der Waals surface area contributed by atoms with Crippen molar-refractivity contribution in [2.24, 2.45) is 0 Å². The Labute approximate surface area is 175 Å². The Kier molecular flexibility index (Phi) is 7.41. The molecule has 1 N–H and O–H groups in total. The Hall–Kier alpha value is -3.12. The second-order valence-corrected chi connectivity index (χ2v) is 7.22. The Bertz CT molecular complexity index is 964. The topological polar surface area (TPSA) is 60.5 Å². The summed E-state index contributed by atoms with van der Waals surface area (Å²) in [5.74, 6) is 1.38. The predicted octanol–water partition coefficient (Wildman–Crippen LogP) is 5.65. The highest BCUT2D eigenvalue weighted by molar-refractivity contribution is 7.14. The molecule has 0 unspecified atom stereocenters. The van der Waals surface area contributed by atoms with Crippen molar-refractivity contribution in [3.8, 4) is 22.8 Å². The molecule has 0 saturated heterocycles. The van der Waals surface area contributed by atoms with Gasteiger partial charge in [0.2, 0.25) is 5.91 Å². The molecule has 1 heterocycles. The number of nitrogens with one attached hydrogen (secondary N) is 1. The predicted molar refractivity (Wildman–Crippen MR) is 119 cm³/mol. The minimum atomic E-state index is -0.224. The lowest BCUT2D eigenvalue weighted by Gasteiger charge is -2.05. The SMILES string of the molecule is CCCCOc1cccc(C=CC(=O)Nc2nc(-c3ccc(OC)cc3)cs2)c1. The van der Waals surface area contributed by atoms with Crippen molar-refractivity contribution in [2.45, 2.75) is 19.8 Å². The van der Waals surface area contributed by atoms with Gasteiger partial charge in [0.25, 0.3) is 0 Å². The van der Waals surface area contributed by atoms with E-state index in [1.54, 1.807) is 13.2 Å². The van der Waals surface area contributed by atoms with E-state index in [1.165, 1.54) is 17.4 Å². The standard InChI is InChI=1S/C23H24N2O3S/c1-3-4-14-28-20-7-5-6-17(15-20)8-13-22(26)25-23-24-21(16-29-23)18-9-11-19(27-2)12-10-18/h5-13,15-16H,3-4,14H2,1-2H3,(H,24,25,26). The molecule has 150 valence electrons. The maximum atomic E-state index is 12.2. The zero-order valence-corrected chi connectivity index (χ0v) is 17.4. The summed E-state index contributed by atoms with van der Waals surface area (Å²) in [5.41, 5.74) is 2.69. The van der Waals surface area contributed by atoms with Gasteiger partial charge in [0.1, 0.15) is 11.5 Å². The molecule has 0 aliphatic rings. The highest BCUT2D eigenvalue weighted by atomic mass is 32.1. The van der Waals surface area contributed by atoms with Gasteiger partial charge in [-0.2, -0.15) is 0 Å². The number of nitrogens with zero attached hydrogens (tertiary/aromatic N) is 1. The third-order valence-electron chi connectivity index (χ3n) is 4.17. The van der Waals surface area contributed by atoms with Gasteiger partial charge in [0.05, 0.1) is 19.4 Å². The van der Waals surface area contributed by atoms with Crippen LogP contribution in [-0.4, -0.2) is 24.6 Å². The first-order chi connectivity index (χ1) is 14.2. The molecule has 5 nitrogen and oxygen atoms in total. The lowest BCUT2D eigenvalue weighted by Crippen LogP contribution is -2.07. The van der Waals surface area contributed by atoms with Gasteiger partial charge < -0.3 is 9.47 Å². The Morgan fingerprint density at radius 1 is 1.17 bits per heavy atom. The summed E-state index contributed by atoms with van der Waals surface area (Å²) in [7, 11) is 1.63. The number of anilines is 1. The fourth-order valence-electron chi connectivity index (χ4n) is 2.59. The number of carbonyl (C=O) groups is 1. The van der Waals surface area contributed by atoms with E-state index >= 15 is 0 Å². The molecule has 6 heteroatoms. The first-order valence-electron chi connectivity index (χ1n) is 9.50. The van der Waals surface area contributed by atoms with Crippen LogP contribution in [0.3, 0.4) is 0 Å². The number of amides is 1. The molecule has 29 heavy (non-hydrogen) atoms. The van der Waals surface area contributed by atoms with Crippen LogP contribution in [0.5, 0.6) is 11.5 Å². The van der Waals surface area contributed by atoms with Crippen LogP contribution in [-0.2, 0) is 4.79 Å². The summed E-state index contributed by atoms with van der Waals surface area (Å²) >= 11 is 1.39. The molecule has 0 aliphatic carbocycles. The average molecular weight is 409 g/mol. The van der Waals surface area contributed by atoms with Crippen molar-refractivity contribution < 1.29 is 14.3 Å². The van der Waals surface area contributed by atoms with Crippen molar-refractivity contribution in [2.75, 3.05) is 19.0 Å². The number of benzene rings is 2. The second-order valence-electron chi connectivity index (χ2n) is 6.36. The van der Waals surface area contributed by atoms with E-state index in [1.807, 2.05) is 53.9 Å². The van der Waals surface area contributed by atoms with Crippen molar-refractivity contribution in [1.29, 1.82) is 0 Å². The Balaban J connectivity index is 1.58. The highest BCUT2D eigenvalue weighted by Crippen LogP contribution is 2.26. The van der Waals surface area contributed by atoms with E-state index in [-0.39, 0.29) is 5.91 Å². The monoisotopic (exact) mass is 408 g/mol. The summed E-state index contributed by atoms with van der Waals surface area (Å²) in [5, 5.41) is 5.28. The smallest absolute Gasteiger partial charge is 0.250 e. The average Bonchev–Trinajstić information content (AvgIpc) is 3.21. The van der Waals surface area contributed by atoms with Gasteiger partial charge in [-0.05, 0) is 54.5 Å². The van der Waals surface area contributed by atoms with Crippen LogP contribution in [0.2, 0.25) is 0 Å². The number of rotatable bonds is 9. The number of carbonyl (C=O) groups excluding carboxylic acids is 1. The van der Waals surface area contributed by atoms with Crippen LogP contribution in [0, 0.1) is 0 Å². The summed E-state index contributed by atoms with van der Waals surface area (Å²) < 4.78 is 10.9. The van der Waals surface area contributed by atoms with E-state index in [9.17, 15) is 4.79 Å². The molecule has 1 amide bonds. The normalized spacial score (nSPS) is 10.8. The van der Waals surface area contributed by atoms with Gasteiger partial charge in [0, 0.05) is 17.0 Å². The summed E-state index contributed by atoms with van der Waals surface area (Å²) in [4.78, 5) is 16.7. The lowest BCUT2D eigenvalue weighted by atomic mass is 10.2. The van der Waals surface area contributed by atoms with E-state index in [4.69, 9.17) is 9.47 Å². The molecular weight excluding hydrogens is 384 g/mol. The number of ether oxygens (including phenoxy) is 2. The molecular formula is C23H24N2O3S. The maximum Gasteiger partial charge on any atom is 0.250 e. The van der Waals surface area contributed by atoms with Crippen molar-refractivity contribution in [3.05, 3.63) is 65.6 Å². The van der Waals surface area contributed by atoms with Crippen LogP contribution in [0.1, 0.15) is 25.3 Å². The van der Waals surface area contributed by atoms with Crippen molar-refractivity contribution in [1.82, 2.24) is 4.98 Å². The lowest BCUT2D eigenvalue weighted by molar-refractivity contribution is -0.111. The largest absolute Gasteiger partial charge is 0.497 e. The molecule has 0 aliphatic heterocycles. The molecule has 2 aromatic carbocycles. The second kappa shape index (κ2) is 10.4. The number of aromatic nitrogens is 1. The van der Waals surface area contributed by atoms with Crippen LogP contribution in [0.4, 0.5) is 5.13 Å². The Morgan fingerprint density at radius 3 is 2.76 bits per heavy atom. The van der Waals surface area contributed by atoms with Gasteiger partial charge in [-0.3, -0.25) is 10.1 Å². The third-order valence-corrected chi connectivity index (χ3v) is 4.93. The minimum Gasteiger partial charge on any atom is -0.497 e. The summed E-state index contributed by atoms with van der Waals surface area (Å²) in [6, 6.07) is 15.3. The van der Waals surface area contributed by atoms with Gasteiger partial charge in [-0.25, -0.2) is 4.98 Å².